The predicted molar refractivity (Wildman–Crippen MR) is 99.1 cm³/mol. The first-order valence-corrected chi connectivity index (χ1v) is 8.65. The Hall–Kier alpha value is -2.34. The first-order chi connectivity index (χ1) is 12.6. The first kappa shape index (κ1) is 18.5. The molecule has 0 saturated heterocycles. The highest BCUT2D eigenvalue weighted by atomic mass is 35.5. The average molecular weight is 391 g/mol. The number of carbonyl (C=O) groups is 1. The number of pyridine rings is 1. The van der Waals surface area contributed by atoms with E-state index in [1.54, 1.807) is 12.3 Å². The molecule has 1 amide bonds. The third-order valence-corrected chi connectivity index (χ3v) is 4.08. The molecule has 3 aromatic rings. The van der Waals surface area contributed by atoms with E-state index in [0.29, 0.717) is 19.8 Å². The summed E-state index contributed by atoms with van der Waals surface area (Å²) in [5.74, 6) is 0.399. The van der Waals surface area contributed by atoms with E-state index in [1.165, 1.54) is 6.07 Å². The van der Waals surface area contributed by atoms with Crippen molar-refractivity contribution in [3.05, 3.63) is 87.6 Å². The number of hydrogen-bond donors (Lipinski definition) is 1. The van der Waals surface area contributed by atoms with Crippen LogP contribution in [0.1, 0.15) is 27.4 Å². The summed E-state index contributed by atoms with van der Waals surface area (Å²) in [6.07, 6.45) is 1.61. The molecule has 3 rings (SSSR count). The third kappa shape index (κ3) is 5.08. The van der Waals surface area contributed by atoms with Gasteiger partial charge in [-0.1, -0.05) is 47.5 Å². The highest BCUT2D eigenvalue weighted by Crippen LogP contribution is 2.17. The summed E-state index contributed by atoms with van der Waals surface area (Å²) in [7, 11) is 0. The van der Waals surface area contributed by atoms with E-state index in [1.807, 2.05) is 36.4 Å². The lowest BCUT2D eigenvalue weighted by atomic mass is 10.1. The summed E-state index contributed by atoms with van der Waals surface area (Å²) in [6, 6.07) is 14.5. The minimum Gasteiger partial charge on any atom is -0.467 e. The van der Waals surface area contributed by atoms with Crippen molar-refractivity contribution in [2.24, 2.45) is 0 Å². The van der Waals surface area contributed by atoms with Gasteiger partial charge in [0.2, 0.25) is 0 Å². The molecule has 0 aliphatic rings. The number of furan rings is 1. The van der Waals surface area contributed by atoms with Gasteiger partial charge in [-0.3, -0.25) is 4.79 Å². The van der Waals surface area contributed by atoms with Crippen LogP contribution in [0.15, 0.2) is 59.2 Å². The number of aromatic nitrogens is 1. The van der Waals surface area contributed by atoms with Crippen LogP contribution in [-0.4, -0.2) is 10.9 Å². The van der Waals surface area contributed by atoms with Gasteiger partial charge in [0, 0.05) is 6.54 Å². The molecule has 26 heavy (non-hydrogen) atoms. The van der Waals surface area contributed by atoms with Crippen molar-refractivity contribution in [1.82, 2.24) is 10.3 Å². The molecule has 1 aromatic carbocycles. The van der Waals surface area contributed by atoms with Gasteiger partial charge in [-0.25, -0.2) is 4.98 Å². The zero-order chi connectivity index (χ0) is 18.4. The second kappa shape index (κ2) is 8.85. The summed E-state index contributed by atoms with van der Waals surface area (Å²) >= 11 is 11.8. The standard InChI is InChI=1S/C19H16Cl2N2O3/c20-16-6-7-17(21)23-18(16)19(24)22-10-13-3-1-4-14(9-13)11-25-12-15-5-2-8-26-15/h1-9H,10-12H2,(H,22,24). The minimum absolute atomic E-state index is 0.108. The van der Waals surface area contributed by atoms with Gasteiger partial charge >= 0.3 is 0 Å². The predicted octanol–water partition coefficient (Wildman–Crippen LogP) is 4.63. The van der Waals surface area contributed by atoms with Crippen LogP contribution in [0, 0.1) is 0 Å². The van der Waals surface area contributed by atoms with E-state index in [9.17, 15) is 4.79 Å². The van der Waals surface area contributed by atoms with E-state index in [0.717, 1.165) is 16.9 Å². The molecular weight excluding hydrogens is 375 g/mol. The SMILES string of the molecule is O=C(NCc1cccc(COCc2ccco2)c1)c1nc(Cl)ccc1Cl. The number of amides is 1. The van der Waals surface area contributed by atoms with Crippen molar-refractivity contribution in [3.8, 4) is 0 Å². The maximum Gasteiger partial charge on any atom is 0.271 e. The van der Waals surface area contributed by atoms with Crippen LogP contribution >= 0.6 is 23.2 Å². The largest absolute Gasteiger partial charge is 0.467 e. The molecule has 0 radical (unpaired) electrons. The Morgan fingerprint density at radius 1 is 1.08 bits per heavy atom. The fourth-order valence-corrected chi connectivity index (χ4v) is 2.68. The van der Waals surface area contributed by atoms with Crippen LogP contribution in [0.25, 0.3) is 0 Å². The number of hydrogen-bond acceptors (Lipinski definition) is 4. The third-order valence-electron chi connectivity index (χ3n) is 3.56. The summed E-state index contributed by atoms with van der Waals surface area (Å²) in [6.45, 7) is 1.20. The van der Waals surface area contributed by atoms with Gasteiger partial charge in [0.1, 0.15) is 23.2 Å². The molecule has 2 aromatic heterocycles. The molecule has 0 fully saturated rings. The van der Waals surface area contributed by atoms with Gasteiger partial charge in [0.25, 0.3) is 5.91 Å². The number of benzene rings is 1. The fraction of sp³-hybridized carbons (Fsp3) is 0.158. The first-order valence-electron chi connectivity index (χ1n) is 7.90. The number of rotatable bonds is 7. The number of ether oxygens (including phenoxy) is 1. The quantitative estimate of drug-likeness (QED) is 0.597. The molecule has 7 heteroatoms. The molecule has 0 bridgehead atoms. The van der Waals surface area contributed by atoms with E-state index in [2.05, 4.69) is 10.3 Å². The van der Waals surface area contributed by atoms with Crippen molar-refractivity contribution in [1.29, 1.82) is 0 Å². The highest BCUT2D eigenvalue weighted by molar-refractivity contribution is 6.34. The average Bonchev–Trinajstić information content (AvgIpc) is 3.15. The van der Waals surface area contributed by atoms with Gasteiger partial charge in [0.15, 0.2) is 0 Å². The maximum absolute atomic E-state index is 12.2. The van der Waals surface area contributed by atoms with Crippen LogP contribution in [0.5, 0.6) is 0 Å². The van der Waals surface area contributed by atoms with Crippen molar-refractivity contribution >= 4 is 29.1 Å². The molecule has 0 unspecified atom stereocenters. The Balaban J connectivity index is 1.54. The van der Waals surface area contributed by atoms with Crippen molar-refractivity contribution in [3.63, 3.8) is 0 Å². The van der Waals surface area contributed by atoms with Crippen molar-refractivity contribution in [2.45, 2.75) is 19.8 Å². The maximum atomic E-state index is 12.2. The normalized spacial score (nSPS) is 10.7. The molecule has 0 saturated carbocycles. The van der Waals surface area contributed by atoms with Crippen molar-refractivity contribution < 1.29 is 13.9 Å². The van der Waals surface area contributed by atoms with Crippen molar-refractivity contribution in [2.75, 3.05) is 0 Å². The van der Waals surface area contributed by atoms with Crippen LogP contribution in [0.4, 0.5) is 0 Å². The Morgan fingerprint density at radius 2 is 1.92 bits per heavy atom. The fourth-order valence-electron chi connectivity index (χ4n) is 2.34. The van der Waals surface area contributed by atoms with Gasteiger partial charge in [-0.2, -0.15) is 0 Å². The molecule has 5 nitrogen and oxygen atoms in total. The number of nitrogens with zero attached hydrogens (tertiary/aromatic N) is 1. The molecule has 0 spiro atoms. The van der Waals surface area contributed by atoms with Crippen LogP contribution in [0.2, 0.25) is 10.2 Å². The van der Waals surface area contributed by atoms with Gasteiger partial charge < -0.3 is 14.5 Å². The van der Waals surface area contributed by atoms with Gasteiger partial charge in [-0.15, -0.1) is 0 Å². The Morgan fingerprint density at radius 3 is 2.73 bits per heavy atom. The van der Waals surface area contributed by atoms with Gasteiger partial charge in [-0.05, 0) is 35.4 Å². The monoisotopic (exact) mass is 390 g/mol. The molecule has 2 heterocycles. The summed E-state index contributed by atoms with van der Waals surface area (Å²) in [5.41, 5.74) is 2.05. The summed E-state index contributed by atoms with van der Waals surface area (Å²) < 4.78 is 10.8. The number of carbonyl (C=O) groups excluding carboxylic acids is 1. The van der Waals surface area contributed by atoms with Gasteiger partial charge in [0.05, 0.1) is 17.9 Å². The molecular formula is C19H16Cl2N2O3. The molecule has 134 valence electrons. The Bertz CT molecular complexity index is 882. The van der Waals surface area contributed by atoms with E-state index < -0.39 is 0 Å². The lowest BCUT2D eigenvalue weighted by Crippen LogP contribution is -2.24. The van der Waals surface area contributed by atoms with E-state index in [-0.39, 0.29) is 21.8 Å². The Kier molecular flexibility index (Phi) is 6.28. The highest BCUT2D eigenvalue weighted by Gasteiger charge is 2.12. The second-order valence-electron chi connectivity index (χ2n) is 5.54. The second-order valence-corrected chi connectivity index (χ2v) is 6.33. The molecule has 1 N–H and O–H groups in total. The summed E-state index contributed by atoms with van der Waals surface area (Å²) in [5, 5.41) is 3.26. The number of nitrogens with one attached hydrogen (secondary N) is 1. The lowest BCUT2D eigenvalue weighted by molar-refractivity contribution is 0.0928. The van der Waals surface area contributed by atoms with E-state index >= 15 is 0 Å². The number of halogens is 2. The van der Waals surface area contributed by atoms with Crippen LogP contribution < -0.4 is 5.32 Å². The minimum atomic E-state index is -0.378. The zero-order valence-electron chi connectivity index (χ0n) is 13.7. The molecule has 0 aliphatic heterocycles. The lowest BCUT2D eigenvalue weighted by Gasteiger charge is -2.08. The smallest absolute Gasteiger partial charge is 0.271 e. The zero-order valence-corrected chi connectivity index (χ0v) is 15.3. The van der Waals surface area contributed by atoms with E-state index in [4.69, 9.17) is 32.4 Å². The van der Waals surface area contributed by atoms with Crippen LogP contribution in [-0.2, 0) is 24.5 Å². The summed E-state index contributed by atoms with van der Waals surface area (Å²) in [4.78, 5) is 16.2. The molecule has 0 aliphatic carbocycles. The topological polar surface area (TPSA) is 64.4 Å². The Labute approximate surface area is 160 Å². The van der Waals surface area contributed by atoms with Crippen LogP contribution in [0.3, 0.4) is 0 Å². The molecule has 0 atom stereocenters.